The highest BCUT2D eigenvalue weighted by atomic mass is 16.4. The van der Waals surface area contributed by atoms with E-state index in [1.165, 1.54) is 26.9 Å². The monoisotopic (exact) mass is 554 g/mol. The second kappa shape index (κ2) is 8.02. The van der Waals surface area contributed by atoms with E-state index >= 15 is 0 Å². The van der Waals surface area contributed by atoms with Crippen LogP contribution in [0, 0.1) is 6.92 Å². The van der Waals surface area contributed by atoms with Gasteiger partial charge in [-0.2, -0.15) is 4.57 Å². The Balaban J connectivity index is 1.28. The van der Waals surface area contributed by atoms with E-state index in [9.17, 15) is 0 Å². The third kappa shape index (κ3) is 3.02. The van der Waals surface area contributed by atoms with Crippen molar-refractivity contribution in [2.75, 3.05) is 0 Å². The first-order chi connectivity index (χ1) is 21.1. The lowest BCUT2D eigenvalue weighted by Gasteiger charge is -2.03. The number of rotatable bonds is 1. The number of hydrogen-bond donors (Lipinski definition) is 0. The van der Waals surface area contributed by atoms with Crippen LogP contribution in [0.2, 0.25) is 0 Å². The molecule has 0 N–H and O–H groups in total. The normalized spacial score (nSPS) is 12.4. The zero-order valence-corrected chi connectivity index (χ0v) is 23.6. The van der Waals surface area contributed by atoms with Crippen molar-refractivity contribution in [3.8, 4) is 11.5 Å². The van der Waals surface area contributed by atoms with Gasteiger partial charge in [-0.05, 0) is 75.1 Å². The molecule has 10 aromatic rings. The Morgan fingerprint density at radius 3 is 2.12 bits per heavy atom. The number of nitrogens with zero attached hydrogens (tertiary/aromatic N) is 1. The number of aryl methyl sites for hydroxylation is 2. The molecule has 0 amide bonds. The van der Waals surface area contributed by atoms with Gasteiger partial charge < -0.3 is 13.3 Å². The first-order valence-electron chi connectivity index (χ1n) is 14.6. The molecule has 0 aliphatic carbocycles. The molecule has 0 bridgehead atoms. The quantitative estimate of drug-likeness (QED) is 0.150. The molecule has 3 aromatic heterocycles. The van der Waals surface area contributed by atoms with Crippen molar-refractivity contribution in [3.05, 3.63) is 115 Å². The van der Waals surface area contributed by atoms with Crippen LogP contribution in [-0.4, -0.2) is 0 Å². The first kappa shape index (κ1) is 23.0. The van der Waals surface area contributed by atoms with Gasteiger partial charge in [0.2, 0.25) is 5.58 Å². The zero-order chi connectivity index (χ0) is 28.4. The summed E-state index contributed by atoms with van der Waals surface area (Å²) in [5.41, 5.74) is 7.26. The summed E-state index contributed by atoms with van der Waals surface area (Å²) >= 11 is 0. The van der Waals surface area contributed by atoms with Crippen LogP contribution < -0.4 is 4.57 Å². The summed E-state index contributed by atoms with van der Waals surface area (Å²) in [5, 5.41) is 11.4. The Bertz CT molecular complexity index is 2810. The number of oxazole rings is 1. The van der Waals surface area contributed by atoms with E-state index in [0.29, 0.717) is 0 Å². The zero-order valence-electron chi connectivity index (χ0n) is 23.6. The van der Waals surface area contributed by atoms with Gasteiger partial charge in [0, 0.05) is 22.2 Å². The fourth-order valence-corrected chi connectivity index (χ4v) is 7.08. The van der Waals surface area contributed by atoms with Gasteiger partial charge in [0.15, 0.2) is 5.58 Å². The third-order valence-electron chi connectivity index (χ3n) is 9.23. The Kier molecular flexibility index (Phi) is 4.29. The molecule has 0 aliphatic heterocycles. The van der Waals surface area contributed by atoms with Gasteiger partial charge in [-0.25, -0.2) is 0 Å². The molecular formula is C39H24NO3+. The fraction of sp³-hybridized carbons (Fsp3) is 0.0513. The molecule has 10 rings (SSSR count). The molecule has 0 saturated heterocycles. The van der Waals surface area contributed by atoms with Crippen molar-refractivity contribution in [1.29, 1.82) is 0 Å². The maximum Gasteiger partial charge on any atom is 0.385 e. The Labute approximate surface area is 244 Å². The highest BCUT2D eigenvalue weighted by molar-refractivity contribution is 6.19. The largest absolute Gasteiger partial charge is 0.456 e. The smallest absolute Gasteiger partial charge is 0.385 e. The highest BCUT2D eigenvalue weighted by Crippen LogP contribution is 2.42. The lowest BCUT2D eigenvalue weighted by molar-refractivity contribution is -0.637. The van der Waals surface area contributed by atoms with E-state index in [0.717, 1.165) is 77.4 Å². The Hall–Kier alpha value is -5.61. The standard InChI is InChI=1S/C39H24NO3/c1-21-11-14-27-29-18-25-13-12-22-7-5-6-10-26(22)28(25)20-34(29)42-37(27)35(21)39-40(2)31-15-16-32-36(38(31)43-39)30-17-23-8-3-4-9-24(23)19-33(30)41-32/h3-20H,1-2H3/q+1. The third-order valence-corrected chi connectivity index (χ3v) is 9.23. The summed E-state index contributed by atoms with van der Waals surface area (Å²) in [6.07, 6.45) is 0. The molecule has 0 spiro atoms. The molecule has 3 heterocycles. The van der Waals surface area contributed by atoms with E-state index < -0.39 is 0 Å². The van der Waals surface area contributed by atoms with Gasteiger partial charge in [0.05, 0.1) is 5.39 Å². The SMILES string of the molecule is Cc1ccc2c(oc3cc4c(ccc5ccccc54)cc32)c1-c1oc2c3c(ccc2[n+]1C)oc1cc2ccccc2cc13. The summed E-state index contributed by atoms with van der Waals surface area (Å²) in [6.45, 7) is 2.12. The van der Waals surface area contributed by atoms with Gasteiger partial charge in [-0.1, -0.05) is 72.8 Å². The minimum absolute atomic E-state index is 0.759. The summed E-state index contributed by atoms with van der Waals surface area (Å²) < 4.78 is 22.0. The van der Waals surface area contributed by atoms with Crippen LogP contribution in [0.5, 0.6) is 0 Å². The van der Waals surface area contributed by atoms with Crippen molar-refractivity contribution in [1.82, 2.24) is 0 Å². The van der Waals surface area contributed by atoms with Gasteiger partial charge in [0.1, 0.15) is 29.4 Å². The molecule has 0 radical (unpaired) electrons. The molecule has 0 aliphatic rings. The molecule has 0 saturated carbocycles. The number of benzene rings is 7. The molecular weight excluding hydrogens is 530 g/mol. The second-order valence-electron chi connectivity index (χ2n) is 11.6. The summed E-state index contributed by atoms with van der Waals surface area (Å²) in [5.74, 6) is 0.759. The summed E-state index contributed by atoms with van der Waals surface area (Å²) in [4.78, 5) is 0. The van der Waals surface area contributed by atoms with Gasteiger partial charge in [-0.3, -0.25) is 0 Å². The minimum Gasteiger partial charge on any atom is -0.456 e. The van der Waals surface area contributed by atoms with Gasteiger partial charge in [-0.15, -0.1) is 0 Å². The predicted molar refractivity (Wildman–Crippen MR) is 175 cm³/mol. The second-order valence-corrected chi connectivity index (χ2v) is 11.6. The van der Waals surface area contributed by atoms with Crippen LogP contribution in [0.15, 0.2) is 122 Å². The average Bonchev–Trinajstić information content (AvgIpc) is 3.69. The van der Waals surface area contributed by atoms with Crippen LogP contribution in [-0.2, 0) is 7.05 Å². The van der Waals surface area contributed by atoms with E-state index in [1.54, 1.807) is 0 Å². The Morgan fingerprint density at radius 2 is 1.23 bits per heavy atom. The van der Waals surface area contributed by atoms with Crippen LogP contribution in [0.4, 0.5) is 0 Å². The van der Waals surface area contributed by atoms with Crippen molar-refractivity contribution < 1.29 is 17.8 Å². The van der Waals surface area contributed by atoms with Crippen molar-refractivity contribution >= 4 is 87.3 Å². The molecule has 4 heteroatoms. The van der Waals surface area contributed by atoms with Crippen LogP contribution >= 0.6 is 0 Å². The molecule has 202 valence electrons. The number of furan rings is 2. The minimum atomic E-state index is 0.759. The molecule has 43 heavy (non-hydrogen) atoms. The lowest BCUT2D eigenvalue weighted by atomic mass is 9.99. The van der Waals surface area contributed by atoms with Crippen LogP contribution in [0.25, 0.3) is 98.7 Å². The van der Waals surface area contributed by atoms with Crippen molar-refractivity contribution in [2.24, 2.45) is 7.05 Å². The molecule has 0 fully saturated rings. The lowest BCUT2D eigenvalue weighted by Crippen LogP contribution is -2.28. The fourth-order valence-electron chi connectivity index (χ4n) is 7.08. The maximum atomic E-state index is 6.84. The van der Waals surface area contributed by atoms with E-state index in [-0.39, 0.29) is 0 Å². The number of aromatic nitrogens is 1. The molecule has 4 nitrogen and oxygen atoms in total. The molecule has 0 unspecified atom stereocenters. The van der Waals surface area contributed by atoms with Crippen molar-refractivity contribution in [2.45, 2.75) is 6.92 Å². The molecule has 7 aromatic carbocycles. The number of hydrogen-bond acceptors (Lipinski definition) is 3. The Morgan fingerprint density at radius 1 is 0.488 bits per heavy atom. The van der Waals surface area contributed by atoms with Crippen LogP contribution in [0.1, 0.15) is 5.56 Å². The number of fused-ring (bicyclic) bond motifs is 12. The maximum absolute atomic E-state index is 6.84. The summed E-state index contributed by atoms with van der Waals surface area (Å²) in [7, 11) is 2.06. The average molecular weight is 555 g/mol. The molecule has 0 atom stereocenters. The van der Waals surface area contributed by atoms with Gasteiger partial charge >= 0.3 is 5.89 Å². The first-order valence-corrected chi connectivity index (χ1v) is 14.6. The predicted octanol–water partition coefficient (Wildman–Crippen LogP) is 10.5. The van der Waals surface area contributed by atoms with E-state index in [2.05, 4.69) is 122 Å². The highest BCUT2D eigenvalue weighted by Gasteiger charge is 2.29. The van der Waals surface area contributed by atoms with Gasteiger partial charge in [0.25, 0.3) is 5.52 Å². The van der Waals surface area contributed by atoms with E-state index in [1.807, 2.05) is 6.07 Å². The van der Waals surface area contributed by atoms with Crippen LogP contribution in [0.3, 0.4) is 0 Å². The summed E-state index contributed by atoms with van der Waals surface area (Å²) in [6, 6.07) is 38.5. The van der Waals surface area contributed by atoms with Crippen molar-refractivity contribution in [3.63, 3.8) is 0 Å². The van der Waals surface area contributed by atoms with E-state index in [4.69, 9.17) is 13.3 Å². The topological polar surface area (TPSA) is 43.3 Å².